The van der Waals surface area contributed by atoms with Gasteiger partial charge in [0, 0.05) is 17.8 Å². The highest BCUT2D eigenvalue weighted by Crippen LogP contribution is 2.22. The molecule has 27 heavy (non-hydrogen) atoms. The molecule has 0 fully saturated rings. The highest BCUT2D eigenvalue weighted by Gasteiger charge is 2.15. The lowest BCUT2D eigenvalue weighted by atomic mass is 10.1. The third-order valence-corrected chi connectivity index (χ3v) is 4.33. The van der Waals surface area contributed by atoms with Gasteiger partial charge in [0.05, 0.1) is 25.0 Å². The maximum atomic E-state index is 13.3. The van der Waals surface area contributed by atoms with Gasteiger partial charge >= 0.3 is 5.63 Å². The van der Waals surface area contributed by atoms with Crippen LogP contribution in [0.2, 0.25) is 0 Å². The molecule has 136 valence electrons. The summed E-state index contributed by atoms with van der Waals surface area (Å²) in [6, 6.07) is 15.3. The summed E-state index contributed by atoms with van der Waals surface area (Å²) in [4.78, 5) is 16.3. The lowest BCUT2D eigenvalue weighted by molar-refractivity contribution is 0.0267. The fourth-order valence-electron chi connectivity index (χ4n) is 2.91. The van der Waals surface area contributed by atoms with Crippen LogP contribution in [0.25, 0.3) is 11.0 Å². The van der Waals surface area contributed by atoms with Crippen LogP contribution in [0.5, 0.6) is 0 Å². The smallest absolute Gasteiger partial charge is 0.341 e. The summed E-state index contributed by atoms with van der Waals surface area (Å²) in [5.41, 5.74) is 1.37. The third kappa shape index (κ3) is 3.96. The Hall–Kier alpha value is -3.25. The van der Waals surface area contributed by atoms with E-state index in [-0.39, 0.29) is 18.5 Å². The first-order valence-electron chi connectivity index (χ1n) is 8.53. The van der Waals surface area contributed by atoms with Gasteiger partial charge in [-0.25, -0.2) is 14.2 Å². The Morgan fingerprint density at radius 3 is 2.74 bits per heavy atom. The highest BCUT2D eigenvalue weighted by atomic mass is 19.1. The molecule has 4 aromatic rings. The largest absolute Gasteiger partial charge is 0.422 e. The van der Waals surface area contributed by atoms with Gasteiger partial charge in [-0.15, -0.1) is 0 Å². The zero-order valence-corrected chi connectivity index (χ0v) is 14.4. The van der Waals surface area contributed by atoms with Crippen molar-refractivity contribution in [2.24, 2.45) is 0 Å². The van der Waals surface area contributed by atoms with Crippen LogP contribution in [0.15, 0.2) is 82.5 Å². The van der Waals surface area contributed by atoms with Crippen molar-refractivity contribution in [1.29, 1.82) is 0 Å². The van der Waals surface area contributed by atoms with Crippen LogP contribution in [-0.2, 0) is 17.9 Å². The number of halogens is 1. The Morgan fingerprint density at radius 2 is 1.96 bits per heavy atom. The maximum Gasteiger partial charge on any atom is 0.341 e. The van der Waals surface area contributed by atoms with Gasteiger partial charge in [0.1, 0.15) is 17.5 Å². The molecule has 0 amide bonds. The van der Waals surface area contributed by atoms with E-state index in [1.54, 1.807) is 36.8 Å². The van der Waals surface area contributed by atoms with Crippen LogP contribution in [0.4, 0.5) is 4.39 Å². The van der Waals surface area contributed by atoms with E-state index < -0.39 is 5.63 Å². The van der Waals surface area contributed by atoms with Crippen molar-refractivity contribution in [3.05, 3.63) is 101 Å². The predicted molar refractivity (Wildman–Crippen MR) is 98.6 cm³/mol. The molecule has 4 rings (SSSR count). The van der Waals surface area contributed by atoms with Gasteiger partial charge in [0.2, 0.25) is 0 Å². The van der Waals surface area contributed by atoms with E-state index in [1.165, 1.54) is 12.1 Å². The molecule has 5 nitrogen and oxygen atoms in total. The summed E-state index contributed by atoms with van der Waals surface area (Å²) >= 11 is 0. The van der Waals surface area contributed by atoms with E-state index >= 15 is 0 Å². The number of para-hydroxylation sites is 1. The molecule has 0 saturated heterocycles. The van der Waals surface area contributed by atoms with E-state index in [2.05, 4.69) is 4.98 Å². The fourth-order valence-corrected chi connectivity index (χ4v) is 2.91. The SMILES string of the molecule is O=c1oc2ccccc2cc1COC(Cn1ccnc1)c1ccc(F)cc1. The van der Waals surface area contributed by atoms with Crippen LogP contribution in [0, 0.1) is 5.82 Å². The molecule has 1 unspecified atom stereocenters. The molecule has 0 bridgehead atoms. The Morgan fingerprint density at radius 1 is 1.15 bits per heavy atom. The number of rotatable bonds is 6. The molecule has 0 aliphatic heterocycles. The summed E-state index contributed by atoms with van der Waals surface area (Å²) in [5.74, 6) is -0.310. The number of fused-ring (bicyclic) bond motifs is 1. The number of nitrogens with zero attached hydrogens (tertiary/aromatic N) is 2. The minimum absolute atomic E-state index is 0.0872. The average Bonchev–Trinajstić information content (AvgIpc) is 3.19. The fraction of sp³-hybridized carbons (Fsp3) is 0.143. The second-order valence-electron chi connectivity index (χ2n) is 6.21. The highest BCUT2D eigenvalue weighted by molar-refractivity contribution is 5.76. The molecular formula is C21H17FN2O3. The second kappa shape index (κ2) is 7.55. The Kier molecular flexibility index (Phi) is 4.80. The molecule has 0 spiro atoms. The van der Waals surface area contributed by atoms with Gasteiger partial charge in [-0.05, 0) is 29.8 Å². The first kappa shape index (κ1) is 17.2. The third-order valence-electron chi connectivity index (χ3n) is 4.33. The Balaban J connectivity index is 1.59. The standard InChI is InChI=1S/C21H17FN2O3/c22-18-7-5-15(6-8-18)20(12-24-10-9-23-14-24)26-13-17-11-16-3-1-2-4-19(16)27-21(17)25/h1-11,14,20H,12-13H2. The number of imidazole rings is 1. The van der Waals surface area contributed by atoms with Crippen LogP contribution in [-0.4, -0.2) is 9.55 Å². The Labute approximate surface area is 154 Å². The molecular weight excluding hydrogens is 347 g/mol. The van der Waals surface area contributed by atoms with Crippen molar-refractivity contribution < 1.29 is 13.5 Å². The monoisotopic (exact) mass is 364 g/mol. The topological polar surface area (TPSA) is 57.3 Å². The molecule has 0 aliphatic rings. The quantitative estimate of drug-likeness (QED) is 0.484. The first-order valence-corrected chi connectivity index (χ1v) is 8.53. The maximum absolute atomic E-state index is 13.3. The molecule has 0 aliphatic carbocycles. The summed E-state index contributed by atoms with van der Waals surface area (Å²) < 4.78 is 26.5. The van der Waals surface area contributed by atoms with E-state index in [0.29, 0.717) is 17.7 Å². The van der Waals surface area contributed by atoms with Crippen molar-refractivity contribution in [3.8, 4) is 0 Å². The summed E-state index contributed by atoms with van der Waals surface area (Å²) in [6.45, 7) is 0.578. The van der Waals surface area contributed by atoms with E-state index in [4.69, 9.17) is 9.15 Å². The summed E-state index contributed by atoms with van der Waals surface area (Å²) in [7, 11) is 0. The van der Waals surface area contributed by atoms with E-state index in [9.17, 15) is 9.18 Å². The van der Waals surface area contributed by atoms with Crippen LogP contribution >= 0.6 is 0 Å². The van der Waals surface area contributed by atoms with Crippen molar-refractivity contribution in [1.82, 2.24) is 9.55 Å². The zero-order valence-electron chi connectivity index (χ0n) is 14.4. The molecule has 2 aromatic heterocycles. The van der Waals surface area contributed by atoms with Crippen molar-refractivity contribution in [3.63, 3.8) is 0 Å². The predicted octanol–water partition coefficient (Wildman–Crippen LogP) is 4.09. The molecule has 2 heterocycles. The summed E-state index contributed by atoms with van der Waals surface area (Å²) in [6.07, 6.45) is 4.82. The van der Waals surface area contributed by atoms with E-state index in [1.807, 2.05) is 29.0 Å². The van der Waals surface area contributed by atoms with Gasteiger partial charge in [-0.3, -0.25) is 0 Å². The van der Waals surface area contributed by atoms with Crippen LogP contribution in [0.1, 0.15) is 17.2 Å². The number of hydrogen-bond donors (Lipinski definition) is 0. The molecule has 0 N–H and O–H groups in total. The molecule has 6 heteroatoms. The van der Waals surface area contributed by atoms with Gasteiger partial charge in [-0.1, -0.05) is 30.3 Å². The zero-order chi connectivity index (χ0) is 18.6. The van der Waals surface area contributed by atoms with Gasteiger partial charge in [0.25, 0.3) is 0 Å². The average molecular weight is 364 g/mol. The lowest BCUT2D eigenvalue weighted by Crippen LogP contribution is -2.15. The second-order valence-corrected chi connectivity index (χ2v) is 6.21. The van der Waals surface area contributed by atoms with Crippen molar-refractivity contribution in [2.75, 3.05) is 0 Å². The Bertz CT molecular complexity index is 1090. The number of benzene rings is 2. The van der Waals surface area contributed by atoms with Gasteiger partial charge in [-0.2, -0.15) is 0 Å². The van der Waals surface area contributed by atoms with Crippen LogP contribution in [0.3, 0.4) is 0 Å². The van der Waals surface area contributed by atoms with Crippen LogP contribution < -0.4 is 5.63 Å². The summed E-state index contributed by atoms with van der Waals surface area (Å²) in [5, 5.41) is 0.837. The number of aromatic nitrogens is 2. The molecule has 1 atom stereocenters. The van der Waals surface area contributed by atoms with Crippen molar-refractivity contribution in [2.45, 2.75) is 19.3 Å². The number of ether oxygens (including phenoxy) is 1. The number of hydrogen-bond acceptors (Lipinski definition) is 4. The normalized spacial score (nSPS) is 12.3. The van der Waals surface area contributed by atoms with Crippen molar-refractivity contribution >= 4 is 11.0 Å². The molecule has 0 radical (unpaired) electrons. The van der Waals surface area contributed by atoms with E-state index in [0.717, 1.165) is 10.9 Å². The molecule has 2 aromatic carbocycles. The minimum Gasteiger partial charge on any atom is -0.422 e. The lowest BCUT2D eigenvalue weighted by Gasteiger charge is -2.19. The first-order chi connectivity index (χ1) is 13.2. The molecule has 0 saturated carbocycles. The van der Waals surface area contributed by atoms with Gasteiger partial charge in [0.15, 0.2) is 0 Å². The minimum atomic E-state index is -0.422. The van der Waals surface area contributed by atoms with Gasteiger partial charge < -0.3 is 13.7 Å².